The van der Waals surface area contributed by atoms with Gasteiger partial charge in [-0.3, -0.25) is 4.79 Å². The molecule has 1 unspecified atom stereocenters. The van der Waals surface area contributed by atoms with Crippen LogP contribution >= 0.6 is 0 Å². The minimum absolute atomic E-state index is 0.0871. The molecule has 0 spiro atoms. The molecule has 3 rings (SSSR count). The largest absolute Gasteiger partial charge is 0.379 e. The molecule has 0 bridgehead atoms. The number of aromatic nitrogens is 2. The number of carbonyl (C=O) groups excluding carboxylic acids is 1. The summed E-state index contributed by atoms with van der Waals surface area (Å²) in [6.07, 6.45) is 7.46. The molecule has 0 radical (unpaired) electrons. The summed E-state index contributed by atoms with van der Waals surface area (Å²) in [6.45, 7) is 4.16. The van der Waals surface area contributed by atoms with Gasteiger partial charge in [0.1, 0.15) is 5.69 Å². The molecular formula is C15H25N5O2. The van der Waals surface area contributed by atoms with Crippen LogP contribution in [0, 0.1) is 0 Å². The standard InChI is InChI=1S/C15H25N5O2/c16-15-13(17-22-18-15)10-14(21)20-9-5-2-6-12(20)11-19-7-3-1-4-8-19/h12H,1-11H2,(H2,16,18). The minimum atomic E-state index is 0.0871. The van der Waals surface area contributed by atoms with Gasteiger partial charge in [-0.05, 0) is 50.4 Å². The number of likely N-dealkylation sites (tertiary alicyclic amines) is 2. The Balaban J connectivity index is 1.61. The van der Waals surface area contributed by atoms with E-state index in [0.29, 0.717) is 11.7 Å². The Labute approximate surface area is 130 Å². The zero-order valence-electron chi connectivity index (χ0n) is 13.0. The number of amides is 1. The topological polar surface area (TPSA) is 88.5 Å². The van der Waals surface area contributed by atoms with Gasteiger partial charge in [0.15, 0.2) is 5.82 Å². The van der Waals surface area contributed by atoms with E-state index in [-0.39, 0.29) is 18.1 Å². The van der Waals surface area contributed by atoms with Gasteiger partial charge in [0.25, 0.3) is 0 Å². The van der Waals surface area contributed by atoms with Crippen LogP contribution in [0.5, 0.6) is 0 Å². The summed E-state index contributed by atoms with van der Waals surface area (Å²) in [7, 11) is 0. The summed E-state index contributed by atoms with van der Waals surface area (Å²) in [5.74, 6) is 0.307. The highest BCUT2D eigenvalue weighted by atomic mass is 16.6. The fraction of sp³-hybridized carbons (Fsp3) is 0.800. The van der Waals surface area contributed by atoms with Crippen molar-refractivity contribution in [3.05, 3.63) is 5.69 Å². The second kappa shape index (κ2) is 7.09. The van der Waals surface area contributed by atoms with Crippen molar-refractivity contribution in [2.75, 3.05) is 31.9 Å². The molecule has 0 aliphatic carbocycles. The molecule has 1 aromatic rings. The third-order valence-corrected chi connectivity index (χ3v) is 4.77. The molecule has 0 saturated carbocycles. The first kappa shape index (κ1) is 15.3. The van der Waals surface area contributed by atoms with E-state index < -0.39 is 0 Å². The van der Waals surface area contributed by atoms with Gasteiger partial charge < -0.3 is 15.5 Å². The molecule has 2 fully saturated rings. The van der Waals surface area contributed by atoms with Crippen molar-refractivity contribution in [3.63, 3.8) is 0 Å². The van der Waals surface area contributed by atoms with Crippen molar-refractivity contribution < 1.29 is 9.42 Å². The maximum Gasteiger partial charge on any atom is 0.229 e. The van der Waals surface area contributed by atoms with Crippen LogP contribution < -0.4 is 5.73 Å². The van der Waals surface area contributed by atoms with Crippen LogP contribution in [0.25, 0.3) is 0 Å². The average Bonchev–Trinajstić information content (AvgIpc) is 2.94. The number of hydrogen-bond acceptors (Lipinski definition) is 6. The SMILES string of the molecule is Nc1nonc1CC(=O)N1CCCCC1CN1CCCCC1. The predicted octanol–water partition coefficient (Wildman–Crippen LogP) is 1.06. The molecule has 2 aliphatic heterocycles. The summed E-state index contributed by atoms with van der Waals surface area (Å²) in [5, 5.41) is 7.26. The number of nitrogens with two attached hydrogens (primary N) is 1. The number of hydrogen-bond donors (Lipinski definition) is 1. The molecule has 1 amide bonds. The van der Waals surface area contributed by atoms with E-state index in [9.17, 15) is 4.79 Å². The Bertz CT molecular complexity index is 498. The van der Waals surface area contributed by atoms with Gasteiger partial charge in [0.05, 0.1) is 6.42 Å². The fourth-order valence-electron chi connectivity index (χ4n) is 3.54. The Morgan fingerprint density at radius 2 is 1.91 bits per heavy atom. The third-order valence-electron chi connectivity index (χ3n) is 4.77. The lowest BCUT2D eigenvalue weighted by atomic mass is 9.99. The Hall–Kier alpha value is -1.63. The van der Waals surface area contributed by atoms with Gasteiger partial charge in [-0.2, -0.15) is 0 Å². The molecule has 7 heteroatoms. The van der Waals surface area contributed by atoms with E-state index in [0.717, 1.165) is 25.9 Å². The maximum absolute atomic E-state index is 12.6. The van der Waals surface area contributed by atoms with Crippen molar-refractivity contribution >= 4 is 11.7 Å². The molecule has 7 nitrogen and oxygen atoms in total. The van der Waals surface area contributed by atoms with Crippen molar-refractivity contribution in [2.24, 2.45) is 0 Å². The lowest BCUT2D eigenvalue weighted by Gasteiger charge is -2.39. The first-order chi connectivity index (χ1) is 10.7. The van der Waals surface area contributed by atoms with Gasteiger partial charge >= 0.3 is 0 Å². The quantitative estimate of drug-likeness (QED) is 0.895. The molecule has 1 atom stereocenters. The first-order valence-corrected chi connectivity index (χ1v) is 8.33. The van der Waals surface area contributed by atoms with Crippen LogP contribution in [-0.2, 0) is 11.2 Å². The summed E-state index contributed by atoms with van der Waals surface area (Å²) in [4.78, 5) is 17.1. The molecule has 122 valence electrons. The summed E-state index contributed by atoms with van der Waals surface area (Å²) in [5.41, 5.74) is 6.11. The highest BCUT2D eigenvalue weighted by molar-refractivity contribution is 5.79. The molecule has 1 aromatic heterocycles. The summed E-state index contributed by atoms with van der Waals surface area (Å²) in [6, 6.07) is 0.320. The fourth-order valence-corrected chi connectivity index (χ4v) is 3.54. The molecule has 0 aromatic carbocycles. The van der Waals surface area contributed by atoms with E-state index in [2.05, 4.69) is 19.8 Å². The smallest absolute Gasteiger partial charge is 0.229 e. The second-order valence-corrected chi connectivity index (χ2v) is 6.37. The minimum Gasteiger partial charge on any atom is -0.379 e. The van der Waals surface area contributed by atoms with Crippen LogP contribution in [0.2, 0.25) is 0 Å². The zero-order valence-corrected chi connectivity index (χ0v) is 13.0. The van der Waals surface area contributed by atoms with E-state index in [1.807, 2.05) is 4.90 Å². The first-order valence-electron chi connectivity index (χ1n) is 8.33. The van der Waals surface area contributed by atoms with Crippen molar-refractivity contribution in [1.29, 1.82) is 0 Å². The van der Waals surface area contributed by atoms with E-state index in [1.165, 1.54) is 38.8 Å². The number of anilines is 1. The van der Waals surface area contributed by atoms with E-state index in [1.54, 1.807) is 0 Å². The van der Waals surface area contributed by atoms with Gasteiger partial charge in [-0.15, -0.1) is 0 Å². The average molecular weight is 307 g/mol. The highest BCUT2D eigenvalue weighted by Crippen LogP contribution is 2.21. The number of carbonyl (C=O) groups is 1. The molecule has 3 heterocycles. The van der Waals surface area contributed by atoms with Gasteiger partial charge in [-0.25, -0.2) is 4.63 Å². The Kier molecular flexibility index (Phi) is 4.92. The number of piperidine rings is 2. The Morgan fingerprint density at radius 1 is 1.14 bits per heavy atom. The van der Waals surface area contributed by atoms with Crippen LogP contribution in [0.1, 0.15) is 44.2 Å². The summed E-state index contributed by atoms with van der Waals surface area (Å²) < 4.78 is 4.58. The van der Waals surface area contributed by atoms with Gasteiger partial charge in [0.2, 0.25) is 5.91 Å². The highest BCUT2D eigenvalue weighted by Gasteiger charge is 2.29. The lowest BCUT2D eigenvalue weighted by Crippen LogP contribution is -2.50. The van der Waals surface area contributed by atoms with Crippen molar-refractivity contribution in [1.82, 2.24) is 20.1 Å². The summed E-state index contributed by atoms with van der Waals surface area (Å²) >= 11 is 0. The van der Waals surface area contributed by atoms with E-state index >= 15 is 0 Å². The maximum atomic E-state index is 12.6. The molecule has 22 heavy (non-hydrogen) atoms. The van der Waals surface area contributed by atoms with Crippen molar-refractivity contribution in [3.8, 4) is 0 Å². The number of rotatable bonds is 4. The molecule has 2 saturated heterocycles. The van der Waals surface area contributed by atoms with E-state index in [4.69, 9.17) is 5.73 Å². The molecular weight excluding hydrogens is 282 g/mol. The van der Waals surface area contributed by atoms with Gasteiger partial charge in [0, 0.05) is 19.1 Å². The number of nitrogens with zero attached hydrogens (tertiary/aromatic N) is 4. The van der Waals surface area contributed by atoms with Gasteiger partial charge in [-0.1, -0.05) is 11.6 Å². The molecule has 2 aliphatic rings. The lowest BCUT2D eigenvalue weighted by molar-refractivity contribution is -0.134. The van der Waals surface area contributed by atoms with Crippen LogP contribution in [0.4, 0.5) is 5.82 Å². The number of nitrogen functional groups attached to an aromatic ring is 1. The van der Waals surface area contributed by atoms with Crippen LogP contribution in [-0.4, -0.2) is 58.2 Å². The normalized spacial score (nSPS) is 23.6. The zero-order chi connectivity index (χ0) is 15.4. The second-order valence-electron chi connectivity index (χ2n) is 6.37. The third kappa shape index (κ3) is 3.58. The Morgan fingerprint density at radius 3 is 2.64 bits per heavy atom. The van der Waals surface area contributed by atoms with Crippen molar-refractivity contribution in [2.45, 2.75) is 51.0 Å². The van der Waals surface area contributed by atoms with Crippen LogP contribution in [0.15, 0.2) is 4.63 Å². The van der Waals surface area contributed by atoms with Crippen LogP contribution in [0.3, 0.4) is 0 Å². The predicted molar refractivity (Wildman–Crippen MR) is 82.1 cm³/mol. The molecule has 2 N–H and O–H groups in total. The monoisotopic (exact) mass is 307 g/mol.